The summed E-state index contributed by atoms with van der Waals surface area (Å²) in [6.45, 7) is 9.46. The molecule has 0 radical (unpaired) electrons. The normalized spacial score (nSPS) is 49.9. The second-order valence-corrected chi connectivity index (χ2v) is 10.00. The molecule has 0 saturated heterocycles. The molecule has 8 atom stereocenters. The predicted octanol–water partition coefficient (Wildman–Crippen LogP) is 2.66. The number of fused-ring (bicyclic) bond motifs is 5. The van der Waals surface area contributed by atoms with Crippen LogP contribution < -0.4 is 0 Å². The zero-order valence-electron chi connectivity index (χ0n) is 17.3. The number of ketones is 2. The average molecular weight is 393 g/mol. The predicted molar refractivity (Wildman–Crippen MR) is 106 cm³/mol. The van der Waals surface area contributed by atoms with Crippen molar-refractivity contribution in [3.63, 3.8) is 0 Å². The average Bonchev–Trinajstić information content (AvgIpc) is 2.94. The van der Waals surface area contributed by atoms with E-state index < -0.39 is 23.4 Å². The van der Waals surface area contributed by atoms with Crippen molar-refractivity contribution in [2.24, 2.45) is 34.5 Å². The third kappa shape index (κ3) is 2.77. The van der Waals surface area contributed by atoms with Crippen LogP contribution in [0.25, 0.3) is 0 Å². The summed E-state index contributed by atoms with van der Waals surface area (Å²) < 4.78 is 0. The standard InChI is InChI=1S/C21H32O5.C2H4/c1-19-7-5-13(23)9-12(19)3-4-14-15-6-8-21(26,17(25)11-22)20(15,2)10-16(24)18(14)19;1-2/h12-15,18,22-23,26H,3-11H2,1-2H3;1-2H2/t12-,13-,14+,15+,18-,19+,20+,21+;/m1./s1. The molecule has 3 N–H and O–H groups in total. The van der Waals surface area contributed by atoms with E-state index in [-0.39, 0.29) is 41.5 Å². The molecule has 0 aliphatic heterocycles. The molecule has 4 aliphatic rings. The molecule has 0 aromatic heterocycles. The van der Waals surface area contributed by atoms with Crippen LogP contribution in [0.15, 0.2) is 13.2 Å². The van der Waals surface area contributed by atoms with Gasteiger partial charge in [-0.15, -0.1) is 13.2 Å². The van der Waals surface area contributed by atoms with Crippen molar-refractivity contribution in [3.05, 3.63) is 13.2 Å². The first-order chi connectivity index (χ1) is 13.2. The van der Waals surface area contributed by atoms with Crippen LogP contribution in [0.5, 0.6) is 0 Å². The minimum absolute atomic E-state index is 0.0154. The first-order valence-electron chi connectivity index (χ1n) is 10.7. The maximum atomic E-state index is 13.4. The summed E-state index contributed by atoms with van der Waals surface area (Å²) in [6.07, 6.45) is 5.47. The number of hydrogen-bond donors (Lipinski definition) is 3. The fourth-order valence-electron chi connectivity index (χ4n) is 7.64. The maximum absolute atomic E-state index is 13.4. The fourth-order valence-corrected chi connectivity index (χ4v) is 7.64. The number of aliphatic hydroxyl groups is 3. The molecule has 5 heteroatoms. The molecule has 4 rings (SSSR count). The van der Waals surface area contributed by atoms with Gasteiger partial charge in [-0.1, -0.05) is 13.8 Å². The lowest BCUT2D eigenvalue weighted by atomic mass is 9.44. The Balaban J connectivity index is 0.00000109. The van der Waals surface area contributed by atoms with Crippen LogP contribution in [0, 0.1) is 34.5 Å². The topological polar surface area (TPSA) is 94.8 Å². The summed E-state index contributed by atoms with van der Waals surface area (Å²) >= 11 is 0. The number of carbonyl (C=O) groups excluding carboxylic acids is 2. The van der Waals surface area contributed by atoms with Crippen LogP contribution in [0.3, 0.4) is 0 Å². The monoisotopic (exact) mass is 392 g/mol. The lowest BCUT2D eigenvalue weighted by Gasteiger charge is -2.60. The maximum Gasteiger partial charge on any atom is 0.190 e. The number of hydrogen-bond acceptors (Lipinski definition) is 5. The van der Waals surface area contributed by atoms with Crippen molar-refractivity contribution in [2.45, 2.75) is 76.9 Å². The molecule has 28 heavy (non-hydrogen) atoms. The third-order valence-electron chi connectivity index (χ3n) is 9.08. The van der Waals surface area contributed by atoms with Gasteiger partial charge in [0.15, 0.2) is 5.78 Å². The van der Waals surface area contributed by atoms with Gasteiger partial charge in [0, 0.05) is 17.8 Å². The van der Waals surface area contributed by atoms with Crippen LogP contribution >= 0.6 is 0 Å². The number of aliphatic hydroxyl groups excluding tert-OH is 2. The van der Waals surface area contributed by atoms with E-state index in [0.717, 1.165) is 38.5 Å². The largest absolute Gasteiger partial charge is 0.393 e. The van der Waals surface area contributed by atoms with E-state index >= 15 is 0 Å². The summed E-state index contributed by atoms with van der Waals surface area (Å²) in [4.78, 5) is 25.7. The van der Waals surface area contributed by atoms with Crippen LogP contribution in [0.1, 0.15) is 65.2 Å². The van der Waals surface area contributed by atoms with Crippen molar-refractivity contribution in [1.29, 1.82) is 0 Å². The SMILES string of the molecule is C=C.C[C@]12CC[C@@H](O)C[C@H]1CC[C@@H]1[C@@H]2C(=O)C[C@@]2(C)[C@H]1CC[C@]2(O)C(=O)CO. The highest BCUT2D eigenvalue weighted by Crippen LogP contribution is 2.67. The molecule has 0 spiro atoms. The molecule has 5 nitrogen and oxygen atoms in total. The fraction of sp³-hybridized carbons (Fsp3) is 0.826. The van der Waals surface area contributed by atoms with Gasteiger partial charge in [-0.25, -0.2) is 0 Å². The summed E-state index contributed by atoms with van der Waals surface area (Å²) in [5, 5.41) is 30.6. The van der Waals surface area contributed by atoms with Gasteiger partial charge in [0.05, 0.1) is 6.10 Å². The second-order valence-electron chi connectivity index (χ2n) is 10.00. The summed E-state index contributed by atoms with van der Waals surface area (Å²) in [5.74, 6) is 0.380. The Labute approximate surface area is 168 Å². The molecule has 0 amide bonds. The second kappa shape index (κ2) is 7.33. The highest BCUT2D eigenvalue weighted by atomic mass is 16.3. The summed E-state index contributed by atoms with van der Waals surface area (Å²) in [5.41, 5.74) is -2.40. The Kier molecular flexibility index (Phi) is 5.67. The van der Waals surface area contributed by atoms with Gasteiger partial charge in [0.2, 0.25) is 0 Å². The van der Waals surface area contributed by atoms with E-state index in [1.54, 1.807) is 0 Å². The van der Waals surface area contributed by atoms with Gasteiger partial charge >= 0.3 is 0 Å². The molecular formula is C23H36O5. The zero-order chi connectivity index (χ0) is 20.9. The van der Waals surface area contributed by atoms with Crippen molar-refractivity contribution in [2.75, 3.05) is 6.61 Å². The highest BCUT2D eigenvalue weighted by Gasteiger charge is 2.68. The molecule has 0 unspecified atom stereocenters. The molecule has 0 bridgehead atoms. The Morgan fingerprint density at radius 1 is 1.14 bits per heavy atom. The van der Waals surface area contributed by atoms with E-state index in [1.807, 2.05) is 6.92 Å². The minimum Gasteiger partial charge on any atom is -0.393 e. The van der Waals surface area contributed by atoms with E-state index in [2.05, 4.69) is 20.1 Å². The molecule has 0 aromatic rings. The first-order valence-corrected chi connectivity index (χ1v) is 10.7. The van der Waals surface area contributed by atoms with Crippen molar-refractivity contribution < 1.29 is 24.9 Å². The number of carbonyl (C=O) groups is 2. The van der Waals surface area contributed by atoms with Gasteiger partial charge in [-0.3, -0.25) is 9.59 Å². The Morgan fingerprint density at radius 3 is 2.46 bits per heavy atom. The molecular weight excluding hydrogens is 356 g/mol. The van der Waals surface area contributed by atoms with Gasteiger partial charge < -0.3 is 15.3 Å². The van der Waals surface area contributed by atoms with Crippen molar-refractivity contribution >= 4 is 11.6 Å². The van der Waals surface area contributed by atoms with Crippen molar-refractivity contribution in [1.82, 2.24) is 0 Å². The summed E-state index contributed by atoms with van der Waals surface area (Å²) in [7, 11) is 0. The number of Topliss-reactive ketones (excluding diaryl/α,β-unsaturated/α-hetero) is 2. The number of rotatable bonds is 2. The molecule has 158 valence electrons. The minimum atomic E-state index is -1.58. The third-order valence-corrected chi connectivity index (χ3v) is 9.08. The lowest BCUT2D eigenvalue weighted by molar-refractivity contribution is -0.180. The van der Waals surface area contributed by atoms with E-state index in [0.29, 0.717) is 12.3 Å². The van der Waals surface area contributed by atoms with Gasteiger partial charge in [0.25, 0.3) is 0 Å². The summed E-state index contributed by atoms with van der Waals surface area (Å²) in [6, 6.07) is 0. The van der Waals surface area contributed by atoms with Crippen LogP contribution in [-0.4, -0.2) is 45.2 Å². The van der Waals surface area contributed by atoms with E-state index in [1.165, 1.54) is 0 Å². The van der Waals surface area contributed by atoms with Gasteiger partial charge in [-0.2, -0.15) is 0 Å². The van der Waals surface area contributed by atoms with Gasteiger partial charge in [0.1, 0.15) is 18.0 Å². The molecule has 0 heterocycles. The Morgan fingerprint density at radius 2 is 1.82 bits per heavy atom. The lowest BCUT2D eigenvalue weighted by Crippen LogP contribution is -2.62. The molecule has 0 aromatic carbocycles. The molecule has 4 saturated carbocycles. The highest BCUT2D eigenvalue weighted by molar-refractivity contribution is 5.92. The van der Waals surface area contributed by atoms with Crippen LogP contribution in [0.2, 0.25) is 0 Å². The Bertz CT molecular complexity index is 647. The van der Waals surface area contributed by atoms with Crippen LogP contribution in [-0.2, 0) is 9.59 Å². The van der Waals surface area contributed by atoms with Crippen LogP contribution in [0.4, 0.5) is 0 Å². The van der Waals surface area contributed by atoms with Crippen molar-refractivity contribution in [3.8, 4) is 0 Å². The smallest absolute Gasteiger partial charge is 0.190 e. The quantitative estimate of drug-likeness (QED) is 0.628. The van der Waals surface area contributed by atoms with E-state index in [4.69, 9.17) is 0 Å². The molecule has 4 fully saturated rings. The van der Waals surface area contributed by atoms with Gasteiger partial charge in [-0.05, 0) is 68.1 Å². The van der Waals surface area contributed by atoms with E-state index in [9.17, 15) is 24.9 Å². The molecule has 4 aliphatic carbocycles. The zero-order valence-corrected chi connectivity index (χ0v) is 17.3. The Hall–Kier alpha value is -1.04. The first kappa shape index (κ1) is 21.7.